The van der Waals surface area contributed by atoms with E-state index in [9.17, 15) is 17.6 Å². The third-order valence-electron chi connectivity index (χ3n) is 6.00. The van der Waals surface area contributed by atoms with Gasteiger partial charge in [-0.05, 0) is 55.8 Å². The van der Waals surface area contributed by atoms with Gasteiger partial charge in [0.25, 0.3) is 0 Å². The number of aromatic nitrogens is 1. The number of carbonyl (C=O) groups excluding carboxylic acids is 1. The predicted octanol–water partition coefficient (Wildman–Crippen LogP) is 4.02. The average Bonchev–Trinajstić information content (AvgIpc) is 3.28. The fourth-order valence-electron chi connectivity index (χ4n) is 3.84. The van der Waals surface area contributed by atoms with Crippen molar-refractivity contribution in [3.8, 4) is 11.3 Å². The summed E-state index contributed by atoms with van der Waals surface area (Å²) in [6, 6.07) is 13.0. The van der Waals surface area contributed by atoms with Gasteiger partial charge in [-0.2, -0.15) is 0 Å². The Labute approximate surface area is 204 Å². The molecule has 1 saturated heterocycles. The average molecular weight is 502 g/mol. The Morgan fingerprint density at radius 1 is 1.03 bits per heavy atom. The summed E-state index contributed by atoms with van der Waals surface area (Å²) in [6.45, 7) is 6.87. The number of rotatable bonds is 7. The molecule has 1 aliphatic heterocycles. The summed E-state index contributed by atoms with van der Waals surface area (Å²) >= 11 is 1.59. The molecule has 180 valence electrons. The van der Waals surface area contributed by atoms with Crippen LogP contribution in [0.25, 0.3) is 11.3 Å². The van der Waals surface area contributed by atoms with E-state index in [1.165, 1.54) is 12.1 Å². The van der Waals surface area contributed by atoms with Crippen molar-refractivity contribution in [3.05, 3.63) is 70.3 Å². The van der Waals surface area contributed by atoms with Crippen LogP contribution in [0.3, 0.4) is 0 Å². The first-order valence-corrected chi connectivity index (χ1v) is 13.7. The van der Waals surface area contributed by atoms with Gasteiger partial charge in [-0.1, -0.05) is 12.1 Å². The maximum Gasteiger partial charge on any atom is 0.227 e. The monoisotopic (exact) mass is 501 g/mol. The number of amides is 1. The van der Waals surface area contributed by atoms with Gasteiger partial charge >= 0.3 is 0 Å². The maximum absolute atomic E-state index is 13.1. The number of thiazole rings is 1. The molecule has 34 heavy (non-hydrogen) atoms. The summed E-state index contributed by atoms with van der Waals surface area (Å²) in [7, 11) is -3.31. The number of benzene rings is 2. The Bertz CT molecular complexity index is 1230. The van der Waals surface area contributed by atoms with E-state index < -0.39 is 15.1 Å². The molecule has 9 heteroatoms. The normalized spacial score (nSPS) is 15.1. The van der Waals surface area contributed by atoms with E-state index in [-0.39, 0.29) is 23.0 Å². The van der Waals surface area contributed by atoms with Crippen molar-refractivity contribution in [3.63, 3.8) is 0 Å². The summed E-state index contributed by atoms with van der Waals surface area (Å²) in [5, 5.41) is 2.51. The zero-order chi connectivity index (χ0) is 24.3. The molecular formula is C25H28FN3O3S2. The Morgan fingerprint density at radius 2 is 1.68 bits per heavy atom. The lowest BCUT2D eigenvalue weighted by molar-refractivity contribution is -0.132. The van der Waals surface area contributed by atoms with E-state index >= 15 is 0 Å². The lowest BCUT2D eigenvalue weighted by Crippen LogP contribution is -2.48. The summed E-state index contributed by atoms with van der Waals surface area (Å²) in [5.41, 5.74) is 2.56. The van der Waals surface area contributed by atoms with Gasteiger partial charge in [-0.15, -0.1) is 11.3 Å². The highest BCUT2D eigenvalue weighted by Crippen LogP contribution is 2.23. The highest BCUT2D eigenvalue weighted by molar-refractivity contribution is 7.92. The molecule has 0 saturated carbocycles. The number of hydrogen-bond acceptors (Lipinski definition) is 6. The molecule has 1 amide bonds. The number of sulfone groups is 1. The number of halogens is 1. The van der Waals surface area contributed by atoms with Crippen molar-refractivity contribution in [2.75, 3.05) is 26.2 Å². The minimum absolute atomic E-state index is 0.0481. The van der Waals surface area contributed by atoms with E-state index in [1.54, 1.807) is 61.6 Å². The molecule has 0 bridgehead atoms. The highest BCUT2D eigenvalue weighted by atomic mass is 32.2. The molecule has 0 unspecified atom stereocenters. The van der Waals surface area contributed by atoms with Crippen LogP contribution in [0.4, 0.5) is 4.39 Å². The SMILES string of the molecule is CC(C)S(=O)(=O)c1ccc(CC(=O)N2CCN(Cc3nc(-c4ccc(F)cc4)cs3)CC2)cc1. The third kappa shape index (κ3) is 5.71. The highest BCUT2D eigenvalue weighted by Gasteiger charge is 2.23. The number of hydrogen-bond donors (Lipinski definition) is 0. The Kier molecular flexibility index (Phi) is 7.45. The van der Waals surface area contributed by atoms with E-state index in [0.717, 1.165) is 41.5 Å². The molecule has 0 atom stereocenters. The summed E-state index contributed by atoms with van der Waals surface area (Å²) in [5.74, 6) is -0.213. The van der Waals surface area contributed by atoms with Gasteiger partial charge in [0.2, 0.25) is 5.91 Å². The van der Waals surface area contributed by atoms with Gasteiger partial charge in [0, 0.05) is 37.1 Å². The Balaban J connectivity index is 1.27. The van der Waals surface area contributed by atoms with Crippen LogP contribution >= 0.6 is 11.3 Å². The van der Waals surface area contributed by atoms with Crippen LogP contribution in [0, 0.1) is 5.82 Å². The largest absolute Gasteiger partial charge is 0.340 e. The lowest BCUT2D eigenvalue weighted by Gasteiger charge is -2.34. The van der Waals surface area contributed by atoms with Crippen LogP contribution in [0.15, 0.2) is 58.8 Å². The van der Waals surface area contributed by atoms with Gasteiger partial charge in [-0.3, -0.25) is 9.69 Å². The molecule has 1 aliphatic rings. The first-order valence-electron chi connectivity index (χ1n) is 11.3. The fraction of sp³-hybridized carbons (Fsp3) is 0.360. The van der Waals surface area contributed by atoms with E-state index in [0.29, 0.717) is 13.1 Å². The molecule has 2 aromatic carbocycles. The van der Waals surface area contributed by atoms with Crippen LogP contribution in [0.1, 0.15) is 24.4 Å². The maximum atomic E-state index is 13.1. The second kappa shape index (κ2) is 10.3. The van der Waals surface area contributed by atoms with Gasteiger partial charge in [0.15, 0.2) is 9.84 Å². The first kappa shape index (κ1) is 24.5. The minimum Gasteiger partial charge on any atom is -0.340 e. The number of nitrogens with zero attached hydrogens (tertiary/aromatic N) is 3. The first-order chi connectivity index (χ1) is 16.2. The van der Waals surface area contributed by atoms with Crippen LogP contribution < -0.4 is 0 Å². The van der Waals surface area contributed by atoms with Crippen molar-refractivity contribution in [2.24, 2.45) is 0 Å². The fourth-order valence-corrected chi connectivity index (χ4v) is 5.74. The summed E-state index contributed by atoms with van der Waals surface area (Å²) in [6.07, 6.45) is 0.259. The topological polar surface area (TPSA) is 70.6 Å². The van der Waals surface area contributed by atoms with Crippen LogP contribution in [0.2, 0.25) is 0 Å². The standard InChI is InChI=1S/C25H28FN3O3S2/c1-18(2)34(31,32)22-9-3-19(4-10-22)15-25(30)29-13-11-28(12-14-29)16-24-27-23(17-33-24)20-5-7-21(26)8-6-20/h3-10,17-18H,11-16H2,1-2H3. The molecular weight excluding hydrogens is 473 g/mol. The molecule has 0 N–H and O–H groups in total. The minimum atomic E-state index is -3.31. The zero-order valence-corrected chi connectivity index (χ0v) is 20.9. The zero-order valence-electron chi connectivity index (χ0n) is 19.3. The van der Waals surface area contributed by atoms with Gasteiger partial charge in [0.1, 0.15) is 10.8 Å². The van der Waals surface area contributed by atoms with Crippen molar-refractivity contribution in [1.82, 2.24) is 14.8 Å². The van der Waals surface area contributed by atoms with Crippen LogP contribution in [-0.2, 0) is 27.6 Å². The molecule has 2 heterocycles. The second-order valence-corrected chi connectivity index (χ2v) is 12.2. The lowest BCUT2D eigenvalue weighted by atomic mass is 10.1. The van der Waals surface area contributed by atoms with Crippen molar-refractivity contribution in [2.45, 2.75) is 37.0 Å². The van der Waals surface area contributed by atoms with E-state index in [1.807, 2.05) is 10.3 Å². The Morgan fingerprint density at radius 3 is 2.29 bits per heavy atom. The van der Waals surface area contributed by atoms with E-state index in [2.05, 4.69) is 9.88 Å². The van der Waals surface area contributed by atoms with Crippen molar-refractivity contribution in [1.29, 1.82) is 0 Å². The van der Waals surface area contributed by atoms with Gasteiger partial charge < -0.3 is 4.90 Å². The molecule has 3 aromatic rings. The van der Waals surface area contributed by atoms with Gasteiger partial charge in [-0.25, -0.2) is 17.8 Å². The third-order valence-corrected chi connectivity index (χ3v) is 9.01. The molecule has 0 aliphatic carbocycles. The Hall–Kier alpha value is -2.62. The second-order valence-electron chi connectivity index (χ2n) is 8.70. The number of piperazine rings is 1. The van der Waals surface area contributed by atoms with Crippen molar-refractivity contribution >= 4 is 27.1 Å². The quantitative estimate of drug-likeness (QED) is 0.489. The smallest absolute Gasteiger partial charge is 0.227 e. The van der Waals surface area contributed by atoms with E-state index in [4.69, 9.17) is 0 Å². The molecule has 0 radical (unpaired) electrons. The van der Waals surface area contributed by atoms with Gasteiger partial charge in [0.05, 0.1) is 28.8 Å². The molecule has 1 fully saturated rings. The summed E-state index contributed by atoms with van der Waals surface area (Å²) in [4.78, 5) is 21.9. The molecule has 4 rings (SSSR count). The molecule has 1 aromatic heterocycles. The molecule has 0 spiro atoms. The molecule has 6 nitrogen and oxygen atoms in total. The van der Waals surface area contributed by atoms with Crippen molar-refractivity contribution < 1.29 is 17.6 Å². The summed E-state index contributed by atoms with van der Waals surface area (Å²) < 4.78 is 37.7. The van der Waals surface area contributed by atoms with Crippen LogP contribution in [-0.4, -0.2) is 60.5 Å². The number of carbonyl (C=O) groups is 1. The predicted molar refractivity (Wildman–Crippen MR) is 132 cm³/mol. The van der Waals surface area contributed by atoms with Crippen LogP contribution in [0.5, 0.6) is 0 Å².